The van der Waals surface area contributed by atoms with E-state index < -0.39 is 10.7 Å². The topological polar surface area (TPSA) is 77.3 Å². The molecular weight excluding hydrogens is 265 g/mol. The zero-order valence-electron chi connectivity index (χ0n) is 10.9. The summed E-state index contributed by atoms with van der Waals surface area (Å²) in [6, 6.07) is 6.94. The lowest BCUT2D eigenvalue weighted by Gasteiger charge is -2.07. The molecule has 0 aliphatic rings. The van der Waals surface area contributed by atoms with E-state index in [-0.39, 0.29) is 17.3 Å². The number of aryl methyl sites for hydroxylation is 1. The van der Waals surface area contributed by atoms with E-state index in [1.807, 2.05) is 0 Å². The van der Waals surface area contributed by atoms with E-state index in [0.29, 0.717) is 11.4 Å². The quantitative estimate of drug-likeness (QED) is 0.685. The molecule has 0 saturated heterocycles. The first-order chi connectivity index (χ1) is 9.51. The van der Waals surface area contributed by atoms with Crippen molar-refractivity contribution in [2.45, 2.75) is 6.92 Å². The summed E-state index contributed by atoms with van der Waals surface area (Å²) in [5.41, 5.74) is 0.175. The Kier molecular flexibility index (Phi) is 3.79. The largest absolute Gasteiger partial charge is 0.434 e. The van der Waals surface area contributed by atoms with Gasteiger partial charge in [-0.1, -0.05) is 6.07 Å². The van der Waals surface area contributed by atoms with Gasteiger partial charge in [0, 0.05) is 19.2 Å². The van der Waals surface area contributed by atoms with Crippen LogP contribution in [0.25, 0.3) is 0 Å². The highest BCUT2D eigenvalue weighted by Gasteiger charge is 2.18. The van der Waals surface area contributed by atoms with Crippen molar-refractivity contribution in [3.05, 3.63) is 51.8 Å². The Morgan fingerprint density at radius 2 is 2.10 bits per heavy atom. The van der Waals surface area contributed by atoms with Crippen molar-refractivity contribution in [1.29, 1.82) is 0 Å². The number of ether oxygens (including phenoxy) is 1. The Balaban J connectivity index is 2.40. The molecule has 1 aromatic heterocycles. The van der Waals surface area contributed by atoms with Gasteiger partial charge >= 0.3 is 11.6 Å². The summed E-state index contributed by atoms with van der Waals surface area (Å²) in [6.07, 6.45) is 0. The molecule has 104 valence electrons. The van der Waals surface area contributed by atoms with Crippen LogP contribution in [0.4, 0.5) is 15.9 Å². The fourth-order valence-electron chi connectivity index (χ4n) is 1.54. The molecule has 7 heteroatoms. The number of hydrogen-bond acceptors (Lipinski definition) is 5. The number of nitro groups is 1. The second-order valence-electron chi connectivity index (χ2n) is 4.04. The molecule has 0 amide bonds. The molecule has 1 heterocycles. The zero-order chi connectivity index (χ0) is 14.7. The molecular formula is C13H12FN3O3. The van der Waals surface area contributed by atoms with Crippen molar-refractivity contribution >= 4 is 11.5 Å². The van der Waals surface area contributed by atoms with E-state index in [1.165, 1.54) is 24.3 Å². The number of pyridine rings is 1. The van der Waals surface area contributed by atoms with Crippen LogP contribution < -0.4 is 10.1 Å². The Hall–Kier alpha value is -2.70. The Morgan fingerprint density at radius 1 is 1.35 bits per heavy atom. The predicted molar refractivity (Wildman–Crippen MR) is 71.6 cm³/mol. The zero-order valence-corrected chi connectivity index (χ0v) is 10.9. The molecule has 0 aliphatic carbocycles. The molecule has 0 unspecified atom stereocenters. The third kappa shape index (κ3) is 2.82. The van der Waals surface area contributed by atoms with Crippen LogP contribution in [0.5, 0.6) is 11.6 Å². The summed E-state index contributed by atoms with van der Waals surface area (Å²) in [5.74, 6) is -0.0739. The Labute approximate surface area is 114 Å². The van der Waals surface area contributed by atoms with Crippen LogP contribution in [0.3, 0.4) is 0 Å². The summed E-state index contributed by atoms with van der Waals surface area (Å²) in [4.78, 5) is 14.3. The maximum atomic E-state index is 13.4. The minimum absolute atomic E-state index is 0.150. The molecule has 0 atom stereocenters. The van der Waals surface area contributed by atoms with Gasteiger partial charge in [0.2, 0.25) is 0 Å². The first-order valence-corrected chi connectivity index (χ1v) is 5.78. The molecule has 0 spiro atoms. The lowest BCUT2D eigenvalue weighted by Crippen LogP contribution is -1.99. The van der Waals surface area contributed by atoms with E-state index in [9.17, 15) is 14.5 Å². The van der Waals surface area contributed by atoms with Gasteiger partial charge in [0.25, 0.3) is 0 Å². The monoisotopic (exact) mass is 277 g/mol. The van der Waals surface area contributed by atoms with Crippen molar-refractivity contribution in [3.63, 3.8) is 0 Å². The van der Waals surface area contributed by atoms with E-state index in [0.717, 1.165) is 6.07 Å². The van der Waals surface area contributed by atoms with Gasteiger partial charge in [-0.25, -0.2) is 4.39 Å². The number of anilines is 1. The molecule has 0 bridgehead atoms. The average molecular weight is 277 g/mol. The van der Waals surface area contributed by atoms with Crippen LogP contribution >= 0.6 is 0 Å². The Bertz CT molecular complexity index is 661. The number of halogens is 1. The molecule has 0 saturated carbocycles. The summed E-state index contributed by atoms with van der Waals surface area (Å²) in [6.45, 7) is 1.61. The van der Waals surface area contributed by atoms with Gasteiger partial charge in [0.05, 0.1) is 4.92 Å². The fraction of sp³-hybridized carbons (Fsp3) is 0.154. The van der Waals surface area contributed by atoms with E-state index in [4.69, 9.17) is 4.74 Å². The lowest BCUT2D eigenvalue weighted by molar-refractivity contribution is -0.386. The molecule has 2 aromatic rings. The van der Waals surface area contributed by atoms with Gasteiger partial charge in [0.1, 0.15) is 17.4 Å². The van der Waals surface area contributed by atoms with Gasteiger partial charge < -0.3 is 10.1 Å². The number of rotatable bonds is 4. The minimum atomic E-state index is -0.605. The van der Waals surface area contributed by atoms with Gasteiger partial charge in [-0.3, -0.25) is 10.1 Å². The van der Waals surface area contributed by atoms with Crippen LogP contribution in [-0.2, 0) is 0 Å². The van der Waals surface area contributed by atoms with Crippen molar-refractivity contribution < 1.29 is 14.1 Å². The second-order valence-corrected chi connectivity index (χ2v) is 4.04. The van der Waals surface area contributed by atoms with Crippen LogP contribution in [-0.4, -0.2) is 17.0 Å². The highest BCUT2D eigenvalue weighted by molar-refractivity contribution is 5.50. The van der Waals surface area contributed by atoms with Gasteiger partial charge in [0.15, 0.2) is 0 Å². The van der Waals surface area contributed by atoms with Crippen LogP contribution in [0.2, 0.25) is 0 Å². The molecule has 6 nitrogen and oxygen atoms in total. The molecule has 1 aromatic carbocycles. The van der Waals surface area contributed by atoms with Crippen LogP contribution in [0.1, 0.15) is 5.56 Å². The highest BCUT2D eigenvalue weighted by Crippen LogP contribution is 2.31. The van der Waals surface area contributed by atoms with Crippen molar-refractivity contribution in [3.8, 4) is 11.6 Å². The molecule has 2 rings (SSSR count). The first kappa shape index (κ1) is 13.7. The smallest absolute Gasteiger partial charge is 0.331 e. The van der Waals surface area contributed by atoms with E-state index in [2.05, 4.69) is 10.3 Å². The summed E-state index contributed by atoms with van der Waals surface area (Å²) < 4.78 is 18.8. The average Bonchev–Trinajstić information content (AvgIpc) is 2.42. The summed E-state index contributed by atoms with van der Waals surface area (Å²) in [7, 11) is 1.63. The third-order valence-electron chi connectivity index (χ3n) is 2.65. The lowest BCUT2D eigenvalue weighted by atomic mass is 10.2. The standard InChI is InChI=1S/C13H12FN3O3/c1-8-3-4-9(7-10(8)14)20-13-11(17(18)19)5-6-12(15-2)16-13/h3-7H,1-2H3,(H,15,16). The van der Waals surface area contributed by atoms with Crippen LogP contribution in [0.15, 0.2) is 30.3 Å². The van der Waals surface area contributed by atoms with E-state index in [1.54, 1.807) is 14.0 Å². The highest BCUT2D eigenvalue weighted by atomic mass is 19.1. The number of hydrogen-bond donors (Lipinski definition) is 1. The predicted octanol–water partition coefficient (Wildman–Crippen LogP) is 3.27. The molecule has 20 heavy (non-hydrogen) atoms. The SMILES string of the molecule is CNc1ccc([N+](=O)[O-])c(Oc2ccc(C)c(F)c2)n1. The first-order valence-electron chi connectivity index (χ1n) is 5.78. The number of aromatic nitrogens is 1. The summed E-state index contributed by atoms with van der Waals surface area (Å²) >= 11 is 0. The van der Waals surface area contributed by atoms with Crippen LogP contribution in [0, 0.1) is 22.9 Å². The third-order valence-corrected chi connectivity index (χ3v) is 2.65. The minimum Gasteiger partial charge on any atom is -0.434 e. The maximum absolute atomic E-state index is 13.4. The van der Waals surface area contributed by atoms with Crippen molar-refractivity contribution in [2.24, 2.45) is 0 Å². The molecule has 0 aliphatic heterocycles. The van der Waals surface area contributed by atoms with E-state index >= 15 is 0 Å². The summed E-state index contributed by atoms with van der Waals surface area (Å²) in [5, 5.41) is 13.7. The Morgan fingerprint density at radius 3 is 2.70 bits per heavy atom. The maximum Gasteiger partial charge on any atom is 0.331 e. The fourth-order valence-corrected chi connectivity index (χ4v) is 1.54. The number of nitrogens with one attached hydrogen (secondary N) is 1. The van der Waals surface area contributed by atoms with Gasteiger partial charge in [-0.2, -0.15) is 4.98 Å². The number of benzene rings is 1. The number of nitrogens with zero attached hydrogens (tertiary/aromatic N) is 2. The van der Waals surface area contributed by atoms with Crippen molar-refractivity contribution in [1.82, 2.24) is 4.98 Å². The molecule has 1 N–H and O–H groups in total. The van der Waals surface area contributed by atoms with Gasteiger partial charge in [-0.05, 0) is 24.6 Å². The molecule has 0 fully saturated rings. The normalized spacial score (nSPS) is 10.2. The molecule has 0 radical (unpaired) electrons. The second kappa shape index (κ2) is 5.52. The van der Waals surface area contributed by atoms with Gasteiger partial charge in [-0.15, -0.1) is 0 Å². The van der Waals surface area contributed by atoms with Crippen molar-refractivity contribution in [2.75, 3.05) is 12.4 Å².